The molecule has 152 valence electrons. The molecule has 1 unspecified atom stereocenters. The molecular formula is C21H23N3O3S2. The Bertz CT molecular complexity index is 894. The van der Waals surface area contributed by atoms with Crippen LogP contribution in [0.15, 0.2) is 52.7 Å². The van der Waals surface area contributed by atoms with E-state index in [1.54, 1.807) is 28.2 Å². The molecule has 1 aliphatic heterocycles. The normalized spacial score (nSPS) is 15.9. The third-order valence-corrected chi connectivity index (χ3v) is 6.11. The number of nitrogens with zero attached hydrogens (tertiary/aromatic N) is 2. The Morgan fingerprint density at radius 2 is 2.31 bits per heavy atom. The number of amides is 2. The Morgan fingerprint density at radius 3 is 3.07 bits per heavy atom. The van der Waals surface area contributed by atoms with Crippen LogP contribution in [0.2, 0.25) is 0 Å². The van der Waals surface area contributed by atoms with E-state index >= 15 is 0 Å². The zero-order valence-electron chi connectivity index (χ0n) is 16.0. The maximum absolute atomic E-state index is 13.0. The van der Waals surface area contributed by atoms with Crippen LogP contribution < -0.4 is 10.1 Å². The lowest BCUT2D eigenvalue weighted by molar-refractivity contribution is 0.0821. The van der Waals surface area contributed by atoms with Crippen LogP contribution in [0.4, 0.5) is 10.5 Å². The van der Waals surface area contributed by atoms with Gasteiger partial charge >= 0.3 is 6.03 Å². The number of thiazole rings is 1. The molecule has 1 N–H and O–H groups in total. The summed E-state index contributed by atoms with van der Waals surface area (Å²) in [5.74, 6) is 0.694. The van der Waals surface area contributed by atoms with Gasteiger partial charge in [-0.3, -0.25) is 0 Å². The van der Waals surface area contributed by atoms with Gasteiger partial charge in [-0.15, -0.1) is 22.7 Å². The fraction of sp³-hybridized carbons (Fsp3) is 0.333. The van der Waals surface area contributed by atoms with Crippen molar-refractivity contribution in [2.24, 2.45) is 0 Å². The summed E-state index contributed by atoms with van der Waals surface area (Å²) in [7, 11) is 0. The molecule has 3 heterocycles. The molecule has 1 aromatic carbocycles. The third kappa shape index (κ3) is 5.79. The van der Waals surface area contributed by atoms with E-state index < -0.39 is 0 Å². The van der Waals surface area contributed by atoms with Gasteiger partial charge in [-0.2, -0.15) is 0 Å². The molecule has 1 atom stereocenters. The van der Waals surface area contributed by atoms with Crippen LogP contribution in [0.5, 0.6) is 5.75 Å². The van der Waals surface area contributed by atoms with Crippen molar-refractivity contribution in [3.05, 3.63) is 63.2 Å². The number of ether oxygens (including phenoxy) is 2. The van der Waals surface area contributed by atoms with Crippen molar-refractivity contribution in [3.8, 4) is 5.75 Å². The first-order chi connectivity index (χ1) is 14.3. The van der Waals surface area contributed by atoms with Gasteiger partial charge in [-0.25, -0.2) is 9.78 Å². The molecular weight excluding hydrogens is 406 g/mol. The lowest BCUT2D eigenvalue weighted by atomic mass is 10.2. The van der Waals surface area contributed by atoms with E-state index in [9.17, 15) is 4.79 Å². The monoisotopic (exact) mass is 429 g/mol. The average Bonchev–Trinajstić information content (AvgIpc) is 3.50. The number of nitrogens with one attached hydrogen (secondary N) is 1. The van der Waals surface area contributed by atoms with Crippen molar-refractivity contribution in [1.29, 1.82) is 0 Å². The van der Waals surface area contributed by atoms with E-state index in [4.69, 9.17) is 9.47 Å². The minimum Gasteiger partial charge on any atom is -0.487 e. The number of benzene rings is 1. The number of thiophene rings is 1. The van der Waals surface area contributed by atoms with Crippen LogP contribution in [0.3, 0.4) is 0 Å². The zero-order valence-corrected chi connectivity index (χ0v) is 17.6. The molecule has 2 aromatic heterocycles. The number of carbonyl (C=O) groups excluding carboxylic acids is 1. The van der Waals surface area contributed by atoms with Crippen molar-refractivity contribution >= 4 is 34.4 Å². The predicted octanol–water partition coefficient (Wildman–Crippen LogP) is 5.00. The molecule has 0 radical (unpaired) electrons. The Balaban J connectivity index is 1.39. The summed E-state index contributed by atoms with van der Waals surface area (Å²) in [6, 6.07) is 11.4. The summed E-state index contributed by atoms with van der Waals surface area (Å²) >= 11 is 3.19. The van der Waals surface area contributed by atoms with Gasteiger partial charge in [0.05, 0.1) is 23.9 Å². The minimum absolute atomic E-state index is 0.105. The molecule has 4 rings (SSSR count). The second kappa shape index (κ2) is 9.87. The quantitative estimate of drug-likeness (QED) is 0.547. The van der Waals surface area contributed by atoms with E-state index in [1.165, 1.54) is 0 Å². The first kappa shape index (κ1) is 19.9. The van der Waals surface area contributed by atoms with Crippen LogP contribution in [-0.2, 0) is 17.9 Å². The molecule has 1 aliphatic rings. The van der Waals surface area contributed by atoms with Crippen molar-refractivity contribution in [2.75, 3.05) is 18.5 Å². The van der Waals surface area contributed by atoms with Gasteiger partial charge < -0.3 is 19.7 Å². The topological polar surface area (TPSA) is 63.7 Å². The lowest BCUT2D eigenvalue weighted by Crippen LogP contribution is -2.39. The minimum atomic E-state index is -0.134. The van der Waals surface area contributed by atoms with Crippen LogP contribution in [-0.4, -0.2) is 35.2 Å². The molecule has 2 amide bonds. The number of hydrogen-bond donors (Lipinski definition) is 1. The second-order valence-electron chi connectivity index (χ2n) is 6.82. The largest absolute Gasteiger partial charge is 0.487 e. The van der Waals surface area contributed by atoms with Gasteiger partial charge in [0.2, 0.25) is 0 Å². The number of aromatic nitrogens is 1. The Hall–Kier alpha value is -2.42. The van der Waals surface area contributed by atoms with Crippen molar-refractivity contribution < 1.29 is 14.3 Å². The standard InChI is InChI=1S/C21H23N3O3S2/c25-21(24(11-19-6-2-8-26-19)12-20-7-3-9-29-20)23-16-4-1-5-18(10-16)27-13-17-14-28-15-22-17/h1,3-5,7,9-10,14-15,19H,2,6,8,11-13H2,(H,23,25). The van der Waals surface area contributed by atoms with E-state index in [-0.39, 0.29) is 12.1 Å². The van der Waals surface area contributed by atoms with Gasteiger partial charge in [0.1, 0.15) is 12.4 Å². The molecule has 6 nitrogen and oxygen atoms in total. The van der Waals surface area contributed by atoms with Gasteiger partial charge in [0.15, 0.2) is 0 Å². The van der Waals surface area contributed by atoms with Crippen molar-refractivity contribution in [2.45, 2.75) is 32.1 Å². The number of hydrogen-bond acceptors (Lipinski definition) is 6. The molecule has 0 aliphatic carbocycles. The maximum Gasteiger partial charge on any atom is 0.322 e. The highest BCUT2D eigenvalue weighted by Crippen LogP contribution is 2.21. The van der Waals surface area contributed by atoms with Crippen LogP contribution in [0, 0.1) is 0 Å². The Morgan fingerprint density at radius 1 is 1.34 bits per heavy atom. The first-order valence-corrected chi connectivity index (χ1v) is 11.4. The number of rotatable bonds is 8. The molecule has 1 saturated heterocycles. The highest BCUT2D eigenvalue weighted by molar-refractivity contribution is 7.09. The molecule has 0 bridgehead atoms. The molecule has 8 heteroatoms. The van der Waals surface area contributed by atoms with Crippen LogP contribution in [0.1, 0.15) is 23.4 Å². The molecule has 29 heavy (non-hydrogen) atoms. The van der Waals surface area contributed by atoms with E-state index in [2.05, 4.69) is 10.3 Å². The van der Waals surface area contributed by atoms with Crippen LogP contribution >= 0.6 is 22.7 Å². The summed E-state index contributed by atoms with van der Waals surface area (Å²) < 4.78 is 11.5. The zero-order chi connectivity index (χ0) is 19.9. The SMILES string of the molecule is O=C(Nc1cccc(OCc2cscn2)c1)N(Cc1cccs1)CC1CCCO1. The summed E-state index contributed by atoms with van der Waals surface area (Å²) in [5, 5.41) is 6.99. The number of carbonyl (C=O) groups is 1. The van der Waals surface area contributed by atoms with Gasteiger partial charge in [-0.05, 0) is 36.4 Å². The fourth-order valence-corrected chi connectivity index (χ4v) is 4.44. The van der Waals surface area contributed by atoms with Gasteiger partial charge in [0, 0.05) is 35.2 Å². The summed E-state index contributed by atoms with van der Waals surface area (Å²) in [5.41, 5.74) is 3.38. The van der Waals surface area contributed by atoms with E-state index in [0.29, 0.717) is 31.1 Å². The smallest absolute Gasteiger partial charge is 0.322 e. The van der Waals surface area contributed by atoms with Crippen LogP contribution in [0.25, 0.3) is 0 Å². The van der Waals surface area contributed by atoms with Crippen molar-refractivity contribution in [3.63, 3.8) is 0 Å². The number of urea groups is 1. The van der Waals surface area contributed by atoms with Crippen molar-refractivity contribution in [1.82, 2.24) is 9.88 Å². The first-order valence-electron chi connectivity index (χ1n) is 9.56. The highest BCUT2D eigenvalue weighted by Gasteiger charge is 2.23. The second-order valence-corrected chi connectivity index (χ2v) is 8.57. The van der Waals surface area contributed by atoms with Gasteiger partial charge in [0.25, 0.3) is 0 Å². The Kier molecular flexibility index (Phi) is 6.76. The summed E-state index contributed by atoms with van der Waals surface area (Å²) in [4.78, 5) is 20.2. The highest BCUT2D eigenvalue weighted by atomic mass is 32.1. The summed E-state index contributed by atoms with van der Waals surface area (Å²) in [6.45, 7) is 2.34. The predicted molar refractivity (Wildman–Crippen MR) is 116 cm³/mol. The maximum atomic E-state index is 13.0. The fourth-order valence-electron chi connectivity index (χ4n) is 3.18. The van der Waals surface area contributed by atoms with Gasteiger partial charge in [-0.1, -0.05) is 12.1 Å². The lowest BCUT2D eigenvalue weighted by Gasteiger charge is -2.25. The molecule has 0 saturated carbocycles. The number of anilines is 1. The Labute approximate surface area is 178 Å². The molecule has 0 spiro atoms. The van der Waals surface area contributed by atoms with E-state index in [1.807, 2.05) is 52.1 Å². The summed E-state index contributed by atoms with van der Waals surface area (Å²) in [6.07, 6.45) is 2.15. The van der Waals surface area contributed by atoms with E-state index in [0.717, 1.165) is 30.0 Å². The molecule has 3 aromatic rings. The third-order valence-electron chi connectivity index (χ3n) is 4.62. The molecule has 1 fully saturated rings. The average molecular weight is 430 g/mol.